The van der Waals surface area contributed by atoms with E-state index in [-0.39, 0.29) is 0 Å². The van der Waals surface area contributed by atoms with Crippen LogP contribution in [0, 0.1) is 0 Å². The van der Waals surface area contributed by atoms with Gasteiger partial charge in [0.15, 0.2) is 0 Å². The van der Waals surface area contributed by atoms with Crippen LogP contribution in [0.2, 0.25) is 0 Å². The summed E-state index contributed by atoms with van der Waals surface area (Å²) in [6.45, 7) is 5.83. The molecule has 1 aromatic rings. The lowest BCUT2D eigenvalue weighted by Gasteiger charge is -2.26. The van der Waals surface area contributed by atoms with Crippen LogP contribution in [0.4, 0.5) is 0 Å². The number of hydrogen-bond acceptors (Lipinski definition) is 4. The zero-order chi connectivity index (χ0) is 15.0. The molecule has 1 aromatic carbocycles. The Kier molecular flexibility index (Phi) is 7.59. The zero-order valence-electron chi connectivity index (χ0n) is 12.9. The molecule has 0 saturated carbocycles. The minimum atomic E-state index is -0.478. The third kappa shape index (κ3) is 5.90. The predicted molar refractivity (Wildman–Crippen MR) is 82.8 cm³/mol. The van der Waals surface area contributed by atoms with Gasteiger partial charge in [0.2, 0.25) is 0 Å². The molecule has 0 saturated heterocycles. The number of aliphatic hydroxyl groups excluding tert-OH is 1. The van der Waals surface area contributed by atoms with Crippen molar-refractivity contribution in [1.29, 1.82) is 0 Å². The number of likely N-dealkylation sites (N-methyl/N-ethyl adjacent to an activating group) is 1. The Labute approximate surface area is 122 Å². The van der Waals surface area contributed by atoms with Gasteiger partial charge in [-0.15, -0.1) is 0 Å². The average Bonchev–Trinajstić information content (AvgIpc) is 2.45. The molecule has 4 heteroatoms. The molecule has 0 radical (unpaired) electrons. The summed E-state index contributed by atoms with van der Waals surface area (Å²) < 4.78 is 5.59. The number of hydrogen-bond donors (Lipinski definition) is 2. The van der Waals surface area contributed by atoms with Gasteiger partial charge >= 0.3 is 0 Å². The van der Waals surface area contributed by atoms with Gasteiger partial charge < -0.3 is 20.5 Å². The zero-order valence-corrected chi connectivity index (χ0v) is 12.9. The van der Waals surface area contributed by atoms with Crippen LogP contribution in [-0.2, 0) is 6.54 Å². The lowest BCUT2D eigenvalue weighted by molar-refractivity contribution is 0.0641. The van der Waals surface area contributed by atoms with Crippen LogP contribution in [0.1, 0.15) is 32.3 Å². The van der Waals surface area contributed by atoms with E-state index in [0.29, 0.717) is 25.7 Å². The van der Waals surface area contributed by atoms with Gasteiger partial charge in [-0.2, -0.15) is 0 Å². The highest BCUT2D eigenvalue weighted by Crippen LogP contribution is 2.12. The van der Waals surface area contributed by atoms with Crippen molar-refractivity contribution in [1.82, 2.24) is 4.90 Å². The van der Waals surface area contributed by atoms with Gasteiger partial charge in [0, 0.05) is 19.1 Å². The second-order valence-electron chi connectivity index (χ2n) is 5.39. The van der Waals surface area contributed by atoms with E-state index in [1.165, 1.54) is 0 Å². The maximum atomic E-state index is 10.0. The first-order valence-corrected chi connectivity index (χ1v) is 7.37. The normalized spacial score (nSPS) is 14.3. The minimum absolute atomic E-state index is 0.311. The lowest BCUT2D eigenvalue weighted by atomic mass is 10.1. The van der Waals surface area contributed by atoms with Crippen LogP contribution in [0.5, 0.6) is 5.75 Å². The molecule has 0 aromatic heterocycles. The molecule has 0 heterocycles. The second kappa shape index (κ2) is 8.95. The Balaban J connectivity index is 2.33. The van der Waals surface area contributed by atoms with Gasteiger partial charge in [0.1, 0.15) is 18.5 Å². The lowest BCUT2D eigenvalue weighted by Crippen LogP contribution is -2.38. The topological polar surface area (TPSA) is 58.7 Å². The summed E-state index contributed by atoms with van der Waals surface area (Å²) in [7, 11) is 2.04. The monoisotopic (exact) mass is 280 g/mol. The largest absolute Gasteiger partial charge is 0.491 e. The van der Waals surface area contributed by atoms with Gasteiger partial charge in [0.05, 0.1) is 0 Å². The number of benzene rings is 1. The van der Waals surface area contributed by atoms with E-state index in [4.69, 9.17) is 10.5 Å². The quantitative estimate of drug-likeness (QED) is 0.726. The number of nitrogens with two attached hydrogens (primary N) is 1. The maximum Gasteiger partial charge on any atom is 0.119 e. The van der Waals surface area contributed by atoms with Crippen LogP contribution >= 0.6 is 0 Å². The molecule has 0 aliphatic carbocycles. The van der Waals surface area contributed by atoms with Crippen molar-refractivity contribution in [2.45, 2.75) is 45.4 Å². The van der Waals surface area contributed by atoms with Crippen molar-refractivity contribution in [3.63, 3.8) is 0 Å². The summed E-state index contributed by atoms with van der Waals surface area (Å²) in [5.74, 6) is 0.769. The van der Waals surface area contributed by atoms with Crippen molar-refractivity contribution in [2.24, 2.45) is 5.73 Å². The van der Waals surface area contributed by atoms with Crippen molar-refractivity contribution in [2.75, 3.05) is 20.2 Å². The standard InChI is InChI=1S/C16H28N2O2/c1-4-5-13(2)18(3)11-15(19)12-20-16-8-6-14(10-17)7-9-16/h6-9,13,15,19H,4-5,10-12,17H2,1-3H3. The molecular weight excluding hydrogens is 252 g/mol. The molecule has 2 unspecified atom stereocenters. The molecular formula is C16H28N2O2. The Morgan fingerprint density at radius 2 is 1.95 bits per heavy atom. The highest BCUT2D eigenvalue weighted by molar-refractivity contribution is 5.27. The summed E-state index contributed by atoms with van der Waals surface area (Å²) in [5.41, 5.74) is 6.62. The summed E-state index contributed by atoms with van der Waals surface area (Å²) in [6, 6.07) is 8.14. The van der Waals surface area contributed by atoms with E-state index in [1.54, 1.807) is 0 Å². The molecule has 0 amide bonds. The first-order chi connectivity index (χ1) is 9.56. The molecule has 0 spiro atoms. The van der Waals surface area contributed by atoms with Gasteiger partial charge in [-0.1, -0.05) is 25.5 Å². The van der Waals surface area contributed by atoms with E-state index in [0.717, 1.165) is 24.2 Å². The molecule has 3 N–H and O–H groups in total. The van der Waals surface area contributed by atoms with Gasteiger partial charge in [-0.25, -0.2) is 0 Å². The van der Waals surface area contributed by atoms with Gasteiger partial charge in [-0.3, -0.25) is 0 Å². The number of rotatable bonds is 9. The van der Waals surface area contributed by atoms with Gasteiger partial charge in [-0.05, 0) is 38.1 Å². The third-order valence-corrected chi connectivity index (χ3v) is 3.56. The molecule has 1 rings (SSSR count). The van der Waals surface area contributed by atoms with Crippen molar-refractivity contribution >= 4 is 0 Å². The fourth-order valence-electron chi connectivity index (χ4n) is 2.12. The van der Waals surface area contributed by atoms with E-state index < -0.39 is 6.10 Å². The highest BCUT2D eigenvalue weighted by atomic mass is 16.5. The molecule has 0 aliphatic rings. The molecule has 0 bridgehead atoms. The Morgan fingerprint density at radius 1 is 1.30 bits per heavy atom. The maximum absolute atomic E-state index is 10.0. The fourth-order valence-corrected chi connectivity index (χ4v) is 2.12. The highest BCUT2D eigenvalue weighted by Gasteiger charge is 2.13. The number of ether oxygens (including phenoxy) is 1. The first-order valence-electron chi connectivity index (χ1n) is 7.37. The van der Waals surface area contributed by atoms with E-state index >= 15 is 0 Å². The molecule has 20 heavy (non-hydrogen) atoms. The molecule has 2 atom stereocenters. The fraction of sp³-hybridized carbons (Fsp3) is 0.625. The summed E-state index contributed by atoms with van der Waals surface area (Å²) in [5, 5.41) is 10.0. The van der Waals surface area contributed by atoms with Crippen molar-refractivity contribution in [3.05, 3.63) is 29.8 Å². The second-order valence-corrected chi connectivity index (χ2v) is 5.39. The van der Waals surface area contributed by atoms with Crippen LogP contribution in [0.25, 0.3) is 0 Å². The van der Waals surface area contributed by atoms with E-state index in [2.05, 4.69) is 18.7 Å². The Morgan fingerprint density at radius 3 is 2.50 bits per heavy atom. The molecule has 4 nitrogen and oxygen atoms in total. The number of nitrogens with zero attached hydrogens (tertiary/aromatic N) is 1. The van der Waals surface area contributed by atoms with Crippen molar-refractivity contribution in [3.8, 4) is 5.75 Å². The summed E-state index contributed by atoms with van der Waals surface area (Å²) >= 11 is 0. The summed E-state index contributed by atoms with van der Waals surface area (Å²) in [4.78, 5) is 2.18. The van der Waals surface area contributed by atoms with E-state index in [1.807, 2.05) is 31.3 Å². The average molecular weight is 280 g/mol. The smallest absolute Gasteiger partial charge is 0.119 e. The predicted octanol–water partition coefficient (Wildman–Crippen LogP) is 2.01. The Bertz CT molecular complexity index is 367. The van der Waals surface area contributed by atoms with E-state index in [9.17, 15) is 5.11 Å². The minimum Gasteiger partial charge on any atom is -0.491 e. The number of aliphatic hydroxyl groups is 1. The van der Waals surface area contributed by atoms with Crippen LogP contribution in [0.3, 0.4) is 0 Å². The van der Waals surface area contributed by atoms with Crippen LogP contribution in [0.15, 0.2) is 24.3 Å². The third-order valence-electron chi connectivity index (χ3n) is 3.56. The Hall–Kier alpha value is -1.10. The van der Waals surface area contributed by atoms with Crippen LogP contribution < -0.4 is 10.5 Å². The van der Waals surface area contributed by atoms with Gasteiger partial charge in [0.25, 0.3) is 0 Å². The molecule has 0 aliphatic heterocycles. The van der Waals surface area contributed by atoms with Crippen LogP contribution in [-0.4, -0.2) is 42.4 Å². The SMILES string of the molecule is CCCC(C)N(C)CC(O)COc1ccc(CN)cc1. The van der Waals surface area contributed by atoms with Crippen molar-refractivity contribution < 1.29 is 9.84 Å². The molecule has 0 fully saturated rings. The first kappa shape index (κ1) is 17.0. The summed E-state index contributed by atoms with van der Waals surface area (Å²) in [6.07, 6.45) is 1.82. The molecule has 114 valence electrons.